The van der Waals surface area contributed by atoms with Crippen molar-refractivity contribution in [1.82, 2.24) is 10.6 Å². The van der Waals surface area contributed by atoms with Crippen molar-refractivity contribution in [2.45, 2.75) is 68.7 Å². The molecule has 1 aromatic carbocycles. The Morgan fingerprint density at radius 3 is 2.69 bits per heavy atom. The first-order valence-corrected chi connectivity index (χ1v) is 14.6. The number of nitrogens with one attached hydrogen (secondary N) is 2. The average molecular weight is 591 g/mol. The molecule has 0 saturated carbocycles. The standard InChI is InChI=1S/C29H38N2O11/c1-3-38-28(37)13-6-12-7-14-16(9-31-27(14)36)17-11-40-25-20(17)19(12)15(8-13)24(26(25)39-5-4-30-2)42-29-23(35)22(34)21(33)18(10-32)41-29/h11-14,16,18,21-23,29-30,32-35H,3-10H2,1-2H3,(H,31,36)/t12-,13-,14+,16-,18+,21+,22-,23+,29-/m0/s1. The van der Waals surface area contributed by atoms with Crippen LogP contribution in [-0.2, 0) is 25.5 Å². The number of fused-ring (bicyclic) bond motifs is 2. The third-order valence-electron chi connectivity index (χ3n) is 9.09. The molecule has 4 aliphatic rings. The number of amides is 1. The number of hydrogen-bond donors (Lipinski definition) is 6. The summed E-state index contributed by atoms with van der Waals surface area (Å²) in [6.07, 6.45) is -4.65. The predicted molar refractivity (Wildman–Crippen MR) is 145 cm³/mol. The zero-order chi connectivity index (χ0) is 29.7. The van der Waals surface area contributed by atoms with Gasteiger partial charge < -0.3 is 54.4 Å². The maximum atomic E-state index is 13.1. The van der Waals surface area contributed by atoms with Crippen LogP contribution in [0, 0.1) is 11.8 Å². The second-order valence-electron chi connectivity index (χ2n) is 11.5. The third kappa shape index (κ3) is 4.72. The van der Waals surface area contributed by atoms with Gasteiger partial charge in [0.25, 0.3) is 0 Å². The van der Waals surface area contributed by atoms with Crippen LogP contribution in [0.1, 0.15) is 48.3 Å². The Morgan fingerprint density at radius 2 is 1.95 bits per heavy atom. The van der Waals surface area contributed by atoms with Gasteiger partial charge in [-0.2, -0.15) is 0 Å². The first-order valence-electron chi connectivity index (χ1n) is 14.6. The highest BCUT2D eigenvalue weighted by atomic mass is 16.7. The minimum atomic E-state index is -1.66. The molecule has 230 valence electrons. The lowest BCUT2D eigenvalue weighted by Gasteiger charge is -2.40. The fraction of sp³-hybridized carbons (Fsp3) is 0.655. The van der Waals surface area contributed by atoms with Crippen LogP contribution in [0.3, 0.4) is 0 Å². The number of esters is 1. The number of furan rings is 1. The smallest absolute Gasteiger partial charge is 0.309 e. The van der Waals surface area contributed by atoms with Gasteiger partial charge in [-0.05, 0) is 44.7 Å². The van der Waals surface area contributed by atoms with E-state index in [0.29, 0.717) is 37.1 Å². The number of aliphatic hydroxyl groups excluding tert-OH is 4. The number of rotatable bonds is 9. The van der Waals surface area contributed by atoms with Crippen molar-refractivity contribution in [2.75, 3.05) is 40.0 Å². The molecule has 13 heteroatoms. The minimum absolute atomic E-state index is 0.0368. The molecular weight excluding hydrogens is 552 g/mol. The molecule has 2 saturated heterocycles. The number of carbonyl (C=O) groups is 2. The summed E-state index contributed by atoms with van der Waals surface area (Å²) in [5, 5.41) is 48.2. The summed E-state index contributed by atoms with van der Waals surface area (Å²) in [6, 6.07) is 0. The predicted octanol–water partition coefficient (Wildman–Crippen LogP) is -0.348. The molecule has 0 unspecified atom stereocenters. The molecule has 2 aromatic rings. The van der Waals surface area contributed by atoms with Crippen molar-refractivity contribution in [3.8, 4) is 11.5 Å². The molecule has 1 amide bonds. The van der Waals surface area contributed by atoms with Gasteiger partial charge in [0.05, 0.1) is 25.4 Å². The molecule has 2 aliphatic heterocycles. The molecule has 6 N–H and O–H groups in total. The van der Waals surface area contributed by atoms with Crippen molar-refractivity contribution < 1.29 is 53.4 Å². The molecule has 9 atom stereocenters. The topological polar surface area (TPSA) is 189 Å². The van der Waals surface area contributed by atoms with Gasteiger partial charge in [-0.3, -0.25) is 9.59 Å². The normalized spacial score (nSPS) is 33.6. The lowest BCUT2D eigenvalue weighted by Crippen LogP contribution is -2.60. The maximum absolute atomic E-state index is 13.1. The highest BCUT2D eigenvalue weighted by Crippen LogP contribution is 2.57. The quantitative estimate of drug-likeness (QED) is 0.165. The summed E-state index contributed by atoms with van der Waals surface area (Å²) < 4.78 is 29.8. The van der Waals surface area contributed by atoms with Gasteiger partial charge in [-0.15, -0.1) is 0 Å². The molecule has 0 spiro atoms. The van der Waals surface area contributed by atoms with Gasteiger partial charge in [0.2, 0.25) is 17.9 Å². The van der Waals surface area contributed by atoms with E-state index in [1.807, 2.05) is 0 Å². The van der Waals surface area contributed by atoms with Gasteiger partial charge in [-0.1, -0.05) is 0 Å². The number of likely N-dealkylation sites (N-methyl/N-ethyl adjacent to an activating group) is 1. The number of carbonyl (C=O) groups excluding carboxylic acids is 2. The Balaban J connectivity index is 1.54. The molecule has 3 heterocycles. The Morgan fingerprint density at radius 1 is 1.14 bits per heavy atom. The number of benzene rings is 1. The zero-order valence-corrected chi connectivity index (χ0v) is 23.6. The van der Waals surface area contributed by atoms with E-state index in [4.69, 9.17) is 23.4 Å². The van der Waals surface area contributed by atoms with E-state index in [2.05, 4.69) is 10.6 Å². The Hall–Kier alpha value is -2.94. The van der Waals surface area contributed by atoms with E-state index in [-0.39, 0.29) is 60.8 Å². The fourth-order valence-corrected chi connectivity index (χ4v) is 7.06. The summed E-state index contributed by atoms with van der Waals surface area (Å²) in [4.78, 5) is 26.1. The minimum Gasteiger partial charge on any atom is -0.485 e. The van der Waals surface area contributed by atoms with Crippen molar-refractivity contribution in [1.29, 1.82) is 0 Å². The second-order valence-corrected chi connectivity index (χ2v) is 11.5. The molecule has 2 aliphatic carbocycles. The van der Waals surface area contributed by atoms with Gasteiger partial charge in [0, 0.05) is 41.4 Å². The highest BCUT2D eigenvalue weighted by molar-refractivity contribution is 5.97. The van der Waals surface area contributed by atoms with Crippen molar-refractivity contribution in [3.05, 3.63) is 23.0 Å². The first kappa shape index (κ1) is 29.1. The van der Waals surface area contributed by atoms with E-state index in [1.54, 1.807) is 20.2 Å². The van der Waals surface area contributed by atoms with Crippen LogP contribution in [0.4, 0.5) is 0 Å². The van der Waals surface area contributed by atoms with Crippen LogP contribution in [-0.4, -0.2) is 103 Å². The second kappa shape index (κ2) is 11.6. The monoisotopic (exact) mass is 590 g/mol. The van der Waals surface area contributed by atoms with Gasteiger partial charge >= 0.3 is 5.97 Å². The van der Waals surface area contributed by atoms with Gasteiger partial charge in [-0.25, -0.2) is 0 Å². The summed E-state index contributed by atoms with van der Waals surface area (Å²) in [5.74, 6) is -1.13. The van der Waals surface area contributed by atoms with Crippen molar-refractivity contribution >= 4 is 22.8 Å². The largest absolute Gasteiger partial charge is 0.485 e. The van der Waals surface area contributed by atoms with E-state index in [1.165, 1.54) is 0 Å². The summed E-state index contributed by atoms with van der Waals surface area (Å²) in [6.45, 7) is 2.53. The number of hydrogen-bond acceptors (Lipinski definition) is 12. The maximum Gasteiger partial charge on any atom is 0.309 e. The van der Waals surface area contributed by atoms with Crippen LogP contribution in [0.2, 0.25) is 0 Å². The van der Waals surface area contributed by atoms with Gasteiger partial charge in [0.1, 0.15) is 31.0 Å². The van der Waals surface area contributed by atoms with Crippen LogP contribution < -0.4 is 20.1 Å². The molecule has 0 bridgehead atoms. The molecule has 1 aromatic heterocycles. The van der Waals surface area contributed by atoms with Crippen LogP contribution in [0.5, 0.6) is 11.5 Å². The molecular formula is C29H38N2O11. The number of aliphatic hydroxyl groups is 4. The highest BCUT2D eigenvalue weighted by Gasteiger charge is 2.49. The molecule has 42 heavy (non-hydrogen) atoms. The van der Waals surface area contributed by atoms with Crippen LogP contribution in [0.25, 0.3) is 11.0 Å². The van der Waals surface area contributed by atoms with E-state index in [0.717, 1.165) is 16.5 Å². The summed E-state index contributed by atoms with van der Waals surface area (Å²) in [5.41, 5.74) is 2.85. The molecule has 0 radical (unpaired) electrons. The lowest BCUT2D eigenvalue weighted by atomic mass is 9.72. The summed E-state index contributed by atoms with van der Waals surface area (Å²) in [7, 11) is 1.78. The molecule has 6 rings (SSSR count). The van der Waals surface area contributed by atoms with Crippen molar-refractivity contribution in [3.63, 3.8) is 0 Å². The van der Waals surface area contributed by atoms with Crippen LogP contribution in [0.15, 0.2) is 10.7 Å². The SMILES string of the molecule is CCOC(=O)[C@@H]1Cc2c(O[C@@H]3O[C@H](CO)[C@@H](O)[C@H](O)[C@H]3O)c(OCCNC)c3occ4c3c2[C@@H](C1)C[C@H]1C(=O)NC[C@H]41. The summed E-state index contributed by atoms with van der Waals surface area (Å²) >= 11 is 0. The fourth-order valence-electron chi connectivity index (χ4n) is 7.06. The Labute approximate surface area is 242 Å². The van der Waals surface area contributed by atoms with E-state index in [9.17, 15) is 30.0 Å². The molecule has 2 fully saturated rings. The lowest BCUT2D eigenvalue weighted by molar-refractivity contribution is -0.277. The van der Waals surface area contributed by atoms with E-state index >= 15 is 0 Å². The Bertz CT molecular complexity index is 1340. The average Bonchev–Trinajstić information content (AvgIpc) is 3.53. The zero-order valence-electron chi connectivity index (χ0n) is 23.6. The Kier molecular flexibility index (Phi) is 8.07. The first-order chi connectivity index (χ1) is 20.3. The van der Waals surface area contributed by atoms with Crippen LogP contribution >= 0.6 is 0 Å². The number of ether oxygens (including phenoxy) is 4. The third-order valence-corrected chi connectivity index (χ3v) is 9.09. The van der Waals surface area contributed by atoms with E-state index < -0.39 is 43.2 Å². The molecule has 13 nitrogen and oxygen atoms in total. The van der Waals surface area contributed by atoms with Gasteiger partial charge in [0.15, 0.2) is 11.3 Å². The van der Waals surface area contributed by atoms with Crippen molar-refractivity contribution in [2.24, 2.45) is 11.8 Å².